The van der Waals surface area contributed by atoms with Gasteiger partial charge in [0.15, 0.2) is 11.5 Å². The standard InChI is InChI=1S/C10H17N5O2/c1-10(2,17-3)6-12-9(16)7-4-5-8(13-11)15-14-7/h4-5H,6,11H2,1-3H3,(H,12,16)(H,13,15). The molecule has 0 aliphatic carbocycles. The van der Waals surface area contributed by atoms with Gasteiger partial charge in [-0.05, 0) is 26.0 Å². The minimum Gasteiger partial charge on any atom is -0.377 e. The molecule has 0 fully saturated rings. The van der Waals surface area contributed by atoms with E-state index < -0.39 is 5.60 Å². The Morgan fingerprint density at radius 2 is 2.18 bits per heavy atom. The first-order chi connectivity index (χ1) is 7.98. The molecule has 7 nitrogen and oxygen atoms in total. The van der Waals surface area contributed by atoms with Crippen molar-refractivity contribution in [3.05, 3.63) is 17.8 Å². The highest BCUT2D eigenvalue weighted by Crippen LogP contribution is 2.05. The first kappa shape index (κ1) is 13.3. The van der Waals surface area contributed by atoms with Gasteiger partial charge in [-0.2, -0.15) is 0 Å². The normalized spacial score (nSPS) is 11.1. The minimum absolute atomic E-state index is 0.232. The number of nitrogen functional groups attached to an aromatic ring is 1. The number of hydrazine groups is 1. The van der Waals surface area contributed by atoms with Gasteiger partial charge in [-0.25, -0.2) is 5.84 Å². The molecule has 1 aromatic heterocycles. The van der Waals surface area contributed by atoms with E-state index >= 15 is 0 Å². The summed E-state index contributed by atoms with van der Waals surface area (Å²) in [6.07, 6.45) is 0. The Hall–Kier alpha value is -1.73. The van der Waals surface area contributed by atoms with Gasteiger partial charge in [-0.1, -0.05) is 0 Å². The van der Waals surface area contributed by atoms with Gasteiger partial charge in [0.05, 0.1) is 5.60 Å². The summed E-state index contributed by atoms with van der Waals surface area (Å²) in [5.74, 6) is 5.24. The predicted molar refractivity (Wildman–Crippen MR) is 63.3 cm³/mol. The SMILES string of the molecule is COC(C)(C)CNC(=O)c1ccc(NN)nn1. The third-order valence-electron chi connectivity index (χ3n) is 2.27. The molecule has 7 heteroatoms. The lowest BCUT2D eigenvalue weighted by Gasteiger charge is -2.22. The molecule has 1 aromatic rings. The van der Waals surface area contributed by atoms with Crippen LogP contribution in [0.15, 0.2) is 12.1 Å². The maximum Gasteiger partial charge on any atom is 0.271 e. The van der Waals surface area contributed by atoms with E-state index in [0.29, 0.717) is 12.4 Å². The summed E-state index contributed by atoms with van der Waals surface area (Å²) in [5.41, 5.74) is 2.15. The number of amides is 1. The number of nitrogens with two attached hydrogens (primary N) is 1. The van der Waals surface area contributed by atoms with E-state index in [4.69, 9.17) is 10.6 Å². The highest BCUT2D eigenvalue weighted by molar-refractivity contribution is 5.92. The van der Waals surface area contributed by atoms with Crippen molar-refractivity contribution >= 4 is 11.7 Å². The van der Waals surface area contributed by atoms with E-state index in [1.54, 1.807) is 13.2 Å². The van der Waals surface area contributed by atoms with Crippen LogP contribution in [0.4, 0.5) is 5.82 Å². The van der Waals surface area contributed by atoms with E-state index in [1.807, 2.05) is 13.8 Å². The molecule has 1 amide bonds. The summed E-state index contributed by atoms with van der Waals surface area (Å²) in [6, 6.07) is 3.11. The fraction of sp³-hybridized carbons (Fsp3) is 0.500. The zero-order chi connectivity index (χ0) is 12.9. The van der Waals surface area contributed by atoms with Crippen LogP contribution in [-0.2, 0) is 4.74 Å². The quantitative estimate of drug-likeness (QED) is 0.490. The second-order valence-corrected chi connectivity index (χ2v) is 4.09. The maximum atomic E-state index is 11.7. The molecule has 0 saturated carbocycles. The van der Waals surface area contributed by atoms with Gasteiger partial charge < -0.3 is 15.5 Å². The summed E-state index contributed by atoms with van der Waals surface area (Å²) in [6.45, 7) is 4.14. The Balaban J connectivity index is 2.58. The summed E-state index contributed by atoms with van der Waals surface area (Å²) in [7, 11) is 1.59. The highest BCUT2D eigenvalue weighted by Gasteiger charge is 2.18. The Labute approximate surface area is 99.7 Å². The predicted octanol–water partition coefficient (Wildman–Crippen LogP) is -0.0830. The second-order valence-electron chi connectivity index (χ2n) is 4.09. The molecule has 1 rings (SSSR count). The number of aromatic nitrogens is 2. The van der Waals surface area contributed by atoms with Gasteiger partial charge >= 0.3 is 0 Å². The summed E-state index contributed by atoms with van der Waals surface area (Å²) < 4.78 is 5.18. The first-order valence-electron chi connectivity index (χ1n) is 5.12. The molecule has 0 unspecified atom stereocenters. The van der Waals surface area contributed by atoms with Crippen LogP contribution in [0.3, 0.4) is 0 Å². The van der Waals surface area contributed by atoms with Crippen molar-refractivity contribution in [2.45, 2.75) is 19.4 Å². The maximum absolute atomic E-state index is 11.7. The lowest BCUT2D eigenvalue weighted by Crippen LogP contribution is -2.40. The van der Waals surface area contributed by atoms with Crippen LogP contribution in [0.5, 0.6) is 0 Å². The molecule has 0 radical (unpaired) electrons. The topological polar surface area (TPSA) is 102 Å². The fourth-order valence-electron chi connectivity index (χ4n) is 0.986. The van der Waals surface area contributed by atoms with E-state index in [9.17, 15) is 4.79 Å². The number of carbonyl (C=O) groups excluding carboxylic acids is 1. The number of anilines is 1. The van der Waals surface area contributed by atoms with Crippen LogP contribution < -0.4 is 16.6 Å². The summed E-state index contributed by atoms with van der Waals surface area (Å²) in [4.78, 5) is 11.7. The Bertz CT molecular complexity index is 377. The van der Waals surface area contributed by atoms with Crippen LogP contribution in [0.1, 0.15) is 24.3 Å². The van der Waals surface area contributed by atoms with Crippen molar-refractivity contribution in [1.29, 1.82) is 0 Å². The Kier molecular flexibility index (Phi) is 4.36. The fourth-order valence-corrected chi connectivity index (χ4v) is 0.986. The molecular weight excluding hydrogens is 222 g/mol. The highest BCUT2D eigenvalue weighted by atomic mass is 16.5. The molecule has 1 heterocycles. The first-order valence-corrected chi connectivity index (χ1v) is 5.12. The zero-order valence-corrected chi connectivity index (χ0v) is 10.2. The van der Waals surface area contributed by atoms with Gasteiger partial charge in [0.1, 0.15) is 0 Å². The smallest absolute Gasteiger partial charge is 0.271 e. The third-order valence-corrected chi connectivity index (χ3v) is 2.27. The van der Waals surface area contributed by atoms with Crippen LogP contribution in [0.2, 0.25) is 0 Å². The van der Waals surface area contributed by atoms with Gasteiger partial charge in [-0.3, -0.25) is 4.79 Å². The molecule has 0 atom stereocenters. The Morgan fingerprint density at radius 3 is 2.65 bits per heavy atom. The van der Waals surface area contributed by atoms with Crippen molar-refractivity contribution in [3.8, 4) is 0 Å². The number of rotatable bonds is 5. The Morgan fingerprint density at radius 1 is 1.47 bits per heavy atom. The number of nitrogens with one attached hydrogen (secondary N) is 2. The van der Waals surface area contributed by atoms with Crippen LogP contribution in [0.25, 0.3) is 0 Å². The summed E-state index contributed by atoms with van der Waals surface area (Å²) in [5, 5.41) is 10.1. The molecule has 0 aliphatic rings. The van der Waals surface area contributed by atoms with Crippen molar-refractivity contribution in [1.82, 2.24) is 15.5 Å². The average molecular weight is 239 g/mol. The molecule has 17 heavy (non-hydrogen) atoms. The minimum atomic E-state index is -0.415. The van der Waals surface area contributed by atoms with Gasteiger partial charge in [0.25, 0.3) is 5.91 Å². The second kappa shape index (κ2) is 5.55. The van der Waals surface area contributed by atoms with Crippen molar-refractivity contribution in [2.75, 3.05) is 19.1 Å². The largest absolute Gasteiger partial charge is 0.377 e. The van der Waals surface area contributed by atoms with Gasteiger partial charge in [-0.15, -0.1) is 10.2 Å². The molecule has 0 aliphatic heterocycles. The summed E-state index contributed by atoms with van der Waals surface area (Å²) >= 11 is 0. The average Bonchev–Trinajstić information content (AvgIpc) is 2.36. The zero-order valence-electron chi connectivity index (χ0n) is 10.2. The number of nitrogens with zero attached hydrogens (tertiary/aromatic N) is 2. The van der Waals surface area contributed by atoms with Gasteiger partial charge in [0.2, 0.25) is 0 Å². The van der Waals surface area contributed by atoms with E-state index in [0.717, 1.165) is 0 Å². The monoisotopic (exact) mass is 239 g/mol. The van der Waals surface area contributed by atoms with Crippen LogP contribution in [0, 0.1) is 0 Å². The van der Waals surface area contributed by atoms with Crippen molar-refractivity contribution in [2.24, 2.45) is 5.84 Å². The number of hydrogen-bond acceptors (Lipinski definition) is 6. The van der Waals surface area contributed by atoms with Crippen molar-refractivity contribution in [3.63, 3.8) is 0 Å². The molecule has 4 N–H and O–H groups in total. The molecule has 0 bridgehead atoms. The molecule has 0 aromatic carbocycles. The van der Waals surface area contributed by atoms with E-state index in [2.05, 4.69) is 20.9 Å². The van der Waals surface area contributed by atoms with Crippen LogP contribution >= 0.6 is 0 Å². The van der Waals surface area contributed by atoms with Crippen molar-refractivity contribution < 1.29 is 9.53 Å². The molecule has 94 valence electrons. The lowest BCUT2D eigenvalue weighted by molar-refractivity contribution is 0.0228. The molecular formula is C10H17N5O2. The lowest BCUT2D eigenvalue weighted by atomic mass is 10.1. The number of carbonyl (C=O) groups is 1. The van der Waals surface area contributed by atoms with Crippen LogP contribution in [-0.4, -0.2) is 35.4 Å². The third kappa shape index (κ3) is 3.97. The molecule has 0 saturated heterocycles. The number of hydrogen-bond donors (Lipinski definition) is 3. The molecule has 0 spiro atoms. The van der Waals surface area contributed by atoms with E-state index in [1.165, 1.54) is 6.07 Å². The number of ether oxygens (including phenoxy) is 1. The number of methoxy groups -OCH3 is 1. The van der Waals surface area contributed by atoms with Gasteiger partial charge in [0, 0.05) is 13.7 Å². The van der Waals surface area contributed by atoms with E-state index in [-0.39, 0.29) is 11.6 Å².